The van der Waals surface area contributed by atoms with Crippen molar-refractivity contribution in [3.63, 3.8) is 0 Å². The summed E-state index contributed by atoms with van der Waals surface area (Å²) in [5, 5.41) is 5.51. The minimum atomic E-state index is -0.947. The SMILES string of the molecule is CCOC(=O)CCNC(=O)C(c1ccc(CC)cc1)N(CC)C(=O)C(NC(=O)OC(C)(C)C)C(C)CC. The molecule has 0 aromatic heterocycles. The number of benzene rings is 1. The van der Waals surface area contributed by atoms with Crippen LogP contribution in [0.4, 0.5) is 4.79 Å². The number of nitrogens with one attached hydrogen (secondary N) is 2. The molecule has 0 bridgehead atoms. The summed E-state index contributed by atoms with van der Waals surface area (Å²) in [6.07, 6.45) is 0.801. The van der Waals surface area contributed by atoms with E-state index >= 15 is 0 Å². The fourth-order valence-electron chi connectivity index (χ4n) is 3.79. The molecule has 9 heteroatoms. The van der Waals surface area contributed by atoms with Crippen LogP contribution < -0.4 is 10.6 Å². The second-order valence-corrected chi connectivity index (χ2v) is 9.98. The van der Waals surface area contributed by atoms with Crippen molar-refractivity contribution in [1.29, 1.82) is 0 Å². The lowest BCUT2D eigenvalue weighted by molar-refractivity contribution is -0.144. The van der Waals surface area contributed by atoms with E-state index in [1.54, 1.807) is 34.6 Å². The van der Waals surface area contributed by atoms with Gasteiger partial charge in [-0.3, -0.25) is 14.4 Å². The molecule has 0 heterocycles. The van der Waals surface area contributed by atoms with E-state index in [2.05, 4.69) is 10.6 Å². The van der Waals surface area contributed by atoms with Crippen LogP contribution >= 0.6 is 0 Å². The Morgan fingerprint density at radius 2 is 1.62 bits per heavy atom. The maximum atomic E-state index is 13.9. The lowest BCUT2D eigenvalue weighted by Gasteiger charge is -2.35. The summed E-state index contributed by atoms with van der Waals surface area (Å²) in [5.41, 5.74) is 1.02. The van der Waals surface area contributed by atoms with Crippen LogP contribution in [0.2, 0.25) is 0 Å². The Morgan fingerprint density at radius 1 is 1.00 bits per heavy atom. The Kier molecular flexibility index (Phi) is 13.1. The van der Waals surface area contributed by atoms with Gasteiger partial charge in [0.05, 0.1) is 13.0 Å². The Balaban J connectivity index is 3.31. The van der Waals surface area contributed by atoms with Gasteiger partial charge in [-0.2, -0.15) is 0 Å². The minimum absolute atomic E-state index is 0.0246. The molecule has 0 saturated heterocycles. The van der Waals surface area contributed by atoms with E-state index in [1.165, 1.54) is 4.90 Å². The lowest BCUT2D eigenvalue weighted by Crippen LogP contribution is -2.55. The first-order valence-electron chi connectivity index (χ1n) is 13.2. The number of likely N-dealkylation sites (N-methyl/N-ethyl adjacent to an activating group) is 1. The number of hydrogen-bond donors (Lipinski definition) is 2. The molecule has 0 aliphatic carbocycles. The highest BCUT2D eigenvalue weighted by atomic mass is 16.6. The number of carbonyl (C=O) groups excluding carboxylic acids is 4. The predicted octanol–water partition coefficient (Wildman–Crippen LogP) is 4.15. The normalized spacial score (nSPS) is 13.6. The Hall–Kier alpha value is -3.10. The zero-order valence-corrected chi connectivity index (χ0v) is 23.7. The van der Waals surface area contributed by atoms with Crippen LogP contribution in [-0.4, -0.2) is 60.1 Å². The largest absolute Gasteiger partial charge is 0.466 e. The van der Waals surface area contributed by atoms with Crippen molar-refractivity contribution in [2.24, 2.45) is 5.92 Å². The number of hydrogen-bond acceptors (Lipinski definition) is 6. The van der Waals surface area contributed by atoms with Gasteiger partial charge in [-0.1, -0.05) is 51.5 Å². The zero-order valence-electron chi connectivity index (χ0n) is 23.7. The minimum Gasteiger partial charge on any atom is -0.466 e. The molecule has 0 saturated carbocycles. The monoisotopic (exact) mass is 519 g/mol. The van der Waals surface area contributed by atoms with E-state index in [4.69, 9.17) is 9.47 Å². The number of aryl methyl sites for hydroxylation is 1. The number of alkyl carbamates (subject to hydrolysis) is 1. The number of esters is 1. The third-order valence-electron chi connectivity index (χ3n) is 5.97. The lowest BCUT2D eigenvalue weighted by atomic mass is 9.95. The second kappa shape index (κ2) is 15.2. The smallest absolute Gasteiger partial charge is 0.408 e. The fraction of sp³-hybridized carbons (Fsp3) is 0.643. The molecule has 1 aromatic rings. The second-order valence-electron chi connectivity index (χ2n) is 9.98. The van der Waals surface area contributed by atoms with Gasteiger partial charge in [0.1, 0.15) is 17.7 Å². The van der Waals surface area contributed by atoms with Gasteiger partial charge in [-0.25, -0.2) is 4.79 Å². The van der Waals surface area contributed by atoms with Crippen LogP contribution in [0.5, 0.6) is 0 Å². The topological polar surface area (TPSA) is 114 Å². The number of ether oxygens (including phenoxy) is 2. The van der Waals surface area contributed by atoms with Crippen LogP contribution in [-0.2, 0) is 30.3 Å². The van der Waals surface area contributed by atoms with Gasteiger partial charge in [0.15, 0.2) is 0 Å². The van der Waals surface area contributed by atoms with Gasteiger partial charge >= 0.3 is 12.1 Å². The van der Waals surface area contributed by atoms with E-state index in [0.29, 0.717) is 12.0 Å². The van der Waals surface area contributed by atoms with Crippen molar-refractivity contribution in [2.75, 3.05) is 19.7 Å². The molecule has 3 unspecified atom stereocenters. The number of rotatable bonds is 13. The molecular formula is C28H45N3O6. The summed E-state index contributed by atoms with van der Waals surface area (Å²) in [7, 11) is 0. The van der Waals surface area contributed by atoms with E-state index < -0.39 is 35.7 Å². The molecular weight excluding hydrogens is 474 g/mol. The number of amides is 3. The summed E-state index contributed by atoms with van der Waals surface area (Å²) >= 11 is 0. The highest BCUT2D eigenvalue weighted by molar-refractivity contribution is 5.92. The van der Waals surface area contributed by atoms with Crippen LogP contribution in [0, 0.1) is 5.92 Å². The Bertz CT molecular complexity index is 894. The third kappa shape index (κ3) is 10.4. The predicted molar refractivity (Wildman–Crippen MR) is 143 cm³/mol. The standard InChI is InChI=1S/C28H45N3O6/c1-9-19(5)23(30-27(35)37-28(6,7)8)26(34)31(11-3)24(21-15-13-20(10-2)14-16-21)25(33)29-18-17-22(32)36-12-4/h13-16,19,23-24H,9-12,17-18H2,1-8H3,(H,29,33)(H,30,35). The van der Waals surface area contributed by atoms with E-state index in [9.17, 15) is 19.2 Å². The van der Waals surface area contributed by atoms with Gasteiger partial charge < -0.3 is 25.0 Å². The first-order valence-corrected chi connectivity index (χ1v) is 13.2. The maximum Gasteiger partial charge on any atom is 0.408 e. The molecule has 3 atom stereocenters. The molecule has 2 N–H and O–H groups in total. The van der Waals surface area contributed by atoms with Crippen molar-refractivity contribution in [1.82, 2.24) is 15.5 Å². The zero-order chi connectivity index (χ0) is 28.2. The molecule has 3 amide bonds. The van der Waals surface area contributed by atoms with Crippen LogP contribution in [0.1, 0.15) is 85.4 Å². The molecule has 0 radical (unpaired) electrons. The van der Waals surface area contributed by atoms with Gasteiger partial charge in [0.25, 0.3) is 0 Å². The average Bonchev–Trinajstić information content (AvgIpc) is 2.84. The Labute approximate surface area is 221 Å². The highest BCUT2D eigenvalue weighted by Gasteiger charge is 2.37. The van der Waals surface area contributed by atoms with Crippen molar-refractivity contribution in [3.05, 3.63) is 35.4 Å². The van der Waals surface area contributed by atoms with Gasteiger partial charge in [-0.15, -0.1) is 0 Å². The molecule has 208 valence electrons. The molecule has 0 aliphatic heterocycles. The molecule has 1 rings (SSSR count). The molecule has 37 heavy (non-hydrogen) atoms. The molecule has 0 fully saturated rings. The molecule has 1 aromatic carbocycles. The summed E-state index contributed by atoms with van der Waals surface area (Å²) in [6, 6.07) is 5.70. The third-order valence-corrected chi connectivity index (χ3v) is 5.97. The van der Waals surface area contributed by atoms with Gasteiger partial charge in [0.2, 0.25) is 11.8 Å². The summed E-state index contributed by atoms with van der Waals surface area (Å²) in [4.78, 5) is 53.1. The summed E-state index contributed by atoms with van der Waals surface area (Å²) < 4.78 is 10.3. The highest BCUT2D eigenvalue weighted by Crippen LogP contribution is 2.25. The van der Waals surface area contributed by atoms with Crippen LogP contribution in [0.3, 0.4) is 0 Å². The van der Waals surface area contributed by atoms with Crippen LogP contribution in [0.25, 0.3) is 0 Å². The fourth-order valence-corrected chi connectivity index (χ4v) is 3.79. The first-order chi connectivity index (χ1) is 17.4. The average molecular weight is 520 g/mol. The number of nitrogens with zero attached hydrogens (tertiary/aromatic N) is 1. The first kappa shape index (κ1) is 31.9. The van der Waals surface area contributed by atoms with Crippen LogP contribution in [0.15, 0.2) is 24.3 Å². The molecule has 0 spiro atoms. The molecule has 0 aliphatic rings. The van der Waals surface area contributed by atoms with Crippen molar-refractivity contribution >= 4 is 23.9 Å². The van der Waals surface area contributed by atoms with Crippen molar-refractivity contribution in [3.8, 4) is 0 Å². The molecule has 9 nitrogen and oxygen atoms in total. The van der Waals surface area contributed by atoms with E-state index in [1.807, 2.05) is 45.0 Å². The van der Waals surface area contributed by atoms with Crippen molar-refractivity contribution < 1.29 is 28.7 Å². The summed E-state index contributed by atoms with van der Waals surface area (Å²) in [5.74, 6) is -1.41. The Morgan fingerprint density at radius 3 is 2.11 bits per heavy atom. The van der Waals surface area contributed by atoms with E-state index in [0.717, 1.165) is 12.0 Å². The van der Waals surface area contributed by atoms with Crippen molar-refractivity contribution in [2.45, 2.75) is 92.3 Å². The summed E-state index contributed by atoms with van der Waals surface area (Å²) in [6.45, 7) is 15.2. The van der Waals surface area contributed by atoms with Gasteiger partial charge in [-0.05, 0) is 58.1 Å². The number of carbonyl (C=O) groups is 4. The maximum absolute atomic E-state index is 13.9. The quantitative estimate of drug-likeness (QED) is 0.379. The van der Waals surface area contributed by atoms with E-state index in [-0.39, 0.29) is 37.9 Å². The van der Waals surface area contributed by atoms with Gasteiger partial charge in [0, 0.05) is 13.1 Å².